The fraction of sp³-hybridized carbons (Fsp3) is 0.357. The molecular weight excluding hydrogens is 293 g/mol. The molecule has 0 spiro atoms. The lowest BCUT2D eigenvalue weighted by Crippen LogP contribution is -2.16. The molecule has 2 aromatic rings. The van der Waals surface area contributed by atoms with E-state index >= 15 is 0 Å². The molecule has 0 saturated heterocycles. The highest BCUT2D eigenvalue weighted by atomic mass is 32.2. The Morgan fingerprint density at radius 1 is 1.29 bits per heavy atom. The molecule has 0 amide bonds. The maximum absolute atomic E-state index is 13.3. The lowest BCUT2D eigenvalue weighted by molar-refractivity contribution is 0.598. The van der Waals surface area contributed by atoms with Gasteiger partial charge in [0.05, 0.1) is 17.1 Å². The van der Waals surface area contributed by atoms with Crippen molar-refractivity contribution in [1.82, 2.24) is 9.78 Å². The Morgan fingerprint density at radius 3 is 2.52 bits per heavy atom. The van der Waals surface area contributed by atoms with Crippen molar-refractivity contribution in [2.45, 2.75) is 39.1 Å². The van der Waals surface area contributed by atoms with Crippen LogP contribution in [0.15, 0.2) is 23.1 Å². The first-order valence-corrected chi connectivity index (χ1v) is 8.07. The third-order valence-corrected chi connectivity index (χ3v) is 4.94. The van der Waals surface area contributed by atoms with Crippen LogP contribution in [0, 0.1) is 26.6 Å². The molecule has 0 bridgehead atoms. The van der Waals surface area contributed by atoms with Gasteiger partial charge in [-0.25, -0.2) is 12.8 Å². The fourth-order valence-corrected chi connectivity index (χ4v) is 3.81. The van der Waals surface area contributed by atoms with Crippen LogP contribution >= 0.6 is 0 Å². The summed E-state index contributed by atoms with van der Waals surface area (Å²) in [5.74, 6) is -0.490. The number of hydrogen-bond donors (Lipinski definition) is 1. The molecule has 0 aliphatic rings. The number of aryl methyl sites for hydroxylation is 3. The van der Waals surface area contributed by atoms with Crippen LogP contribution in [0.3, 0.4) is 0 Å². The Bertz CT molecular complexity index is 782. The summed E-state index contributed by atoms with van der Waals surface area (Å²) in [7, 11) is -3.80. The number of halogens is 1. The summed E-state index contributed by atoms with van der Waals surface area (Å²) in [6, 6.07) is 3.99. The molecule has 114 valence electrons. The highest BCUT2D eigenvalue weighted by Gasteiger charge is 2.24. The van der Waals surface area contributed by atoms with Crippen LogP contribution < -0.4 is 4.72 Å². The third kappa shape index (κ3) is 2.92. The van der Waals surface area contributed by atoms with Gasteiger partial charge in [0.25, 0.3) is 10.0 Å². The van der Waals surface area contributed by atoms with Crippen LogP contribution in [-0.2, 0) is 16.6 Å². The molecule has 1 N–H and O–H groups in total. The molecule has 1 aromatic carbocycles. The number of nitrogens with zero attached hydrogens (tertiary/aromatic N) is 2. The van der Waals surface area contributed by atoms with Gasteiger partial charge in [0.2, 0.25) is 0 Å². The van der Waals surface area contributed by atoms with Crippen LogP contribution in [0.25, 0.3) is 0 Å². The van der Waals surface area contributed by atoms with E-state index < -0.39 is 15.8 Å². The van der Waals surface area contributed by atoms with Crippen molar-refractivity contribution < 1.29 is 12.8 Å². The molecule has 0 unspecified atom stereocenters. The van der Waals surface area contributed by atoms with Crippen molar-refractivity contribution in [2.24, 2.45) is 0 Å². The molecule has 0 saturated carbocycles. The first-order chi connectivity index (χ1) is 9.76. The van der Waals surface area contributed by atoms with Gasteiger partial charge in [-0.05, 0) is 45.4 Å². The van der Waals surface area contributed by atoms with E-state index in [0.717, 1.165) is 0 Å². The second-order valence-electron chi connectivity index (χ2n) is 4.88. The van der Waals surface area contributed by atoms with Gasteiger partial charge in [-0.2, -0.15) is 5.10 Å². The molecule has 1 heterocycles. The average molecular weight is 311 g/mol. The summed E-state index contributed by atoms with van der Waals surface area (Å²) in [6.07, 6.45) is 0. The van der Waals surface area contributed by atoms with Crippen LogP contribution in [0.5, 0.6) is 0 Å². The summed E-state index contributed by atoms with van der Waals surface area (Å²) >= 11 is 0. The van der Waals surface area contributed by atoms with Crippen molar-refractivity contribution in [3.63, 3.8) is 0 Å². The molecule has 7 heteroatoms. The SMILES string of the molecule is CCn1nc(C)c(S(=O)(=O)Nc2cc(F)ccc2C)c1C. The highest BCUT2D eigenvalue weighted by Crippen LogP contribution is 2.24. The first kappa shape index (κ1) is 15.5. The standard InChI is InChI=1S/C14H18FN3O2S/c1-5-18-11(4)14(10(3)16-18)21(19,20)17-13-8-12(15)7-6-9(13)2/h6-8,17H,5H2,1-4H3. The van der Waals surface area contributed by atoms with E-state index in [0.29, 0.717) is 23.5 Å². The topological polar surface area (TPSA) is 64.0 Å². The summed E-state index contributed by atoms with van der Waals surface area (Å²) < 4.78 is 42.5. The van der Waals surface area contributed by atoms with Gasteiger partial charge in [0, 0.05) is 6.54 Å². The van der Waals surface area contributed by atoms with Gasteiger partial charge >= 0.3 is 0 Å². The van der Waals surface area contributed by atoms with Crippen LogP contribution in [0.2, 0.25) is 0 Å². The first-order valence-electron chi connectivity index (χ1n) is 6.59. The van der Waals surface area contributed by atoms with E-state index in [-0.39, 0.29) is 10.6 Å². The largest absolute Gasteiger partial charge is 0.279 e. The zero-order valence-electron chi connectivity index (χ0n) is 12.4. The Morgan fingerprint density at radius 2 is 1.95 bits per heavy atom. The number of rotatable bonds is 4. The van der Waals surface area contributed by atoms with E-state index in [1.807, 2.05) is 6.92 Å². The van der Waals surface area contributed by atoms with Gasteiger partial charge in [-0.3, -0.25) is 9.40 Å². The minimum atomic E-state index is -3.80. The van der Waals surface area contributed by atoms with E-state index in [1.165, 1.54) is 18.2 Å². The quantitative estimate of drug-likeness (QED) is 0.944. The van der Waals surface area contributed by atoms with Crippen molar-refractivity contribution in [2.75, 3.05) is 4.72 Å². The molecule has 0 fully saturated rings. The second kappa shape index (κ2) is 5.48. The van der Waals surface area contributed by atoms with Gasteiger partial charge in [-0.15, -0.1) is 0 Å². The number of sulfonamides is 1. The van der Waals surface area contributed by atoms with Gasteiger partial charge in [-0.1, -0.05) is 6.07 Å². The average Bonchev–Trinajstić information content (AvgIpc) is 2.68. The minimum absolute atomic E-state index is 0.146. The predicted octanol–water partition coefficient (Wildman–Crippen LogP) is 2.77. The van der Waals surface area contributed by atoms with Crippen molar-refractivity contribution in [1.29, 1.82) is 0 Å². The molecule has 0 atom stereocenters. The second-order valence-corrected chi connectivity index (χ2v) is 6.50. The number of nitrogens with one attached hydrogen (secondary N) is 1. The Balaban J connectivity index is 2.48. The summed E-state index contributed by atoms with van der Waals surface area (Å²) in [5, 5.41) is 4.20. The van der Waals surface area contributed by atoms with E-state index in [9.17, 15) is 12.8 Å². The maximum Gasteiger partial charge on any atom is 0.265 e. The van der Waals surface area contributed by atoms with Crippen LogP contribution in [0.4, 0.5) is 10.1 Å². The zero-order chi connectivity index (χ0) is 15.8. The van der Waals surface area contributed by atoms with Gasteiger partial charge in [0.15, 0.2) is 0 Å². The molecule has 1 aromatic heterocycles. The molecular formula is C14H18FN3O2S. The van der Waals surface area contributed by atoms with E-state index in [4.69, 9.17) is 0 Å². The number of benzene rings is 1. The Kier molecular flexibility index (Phi) is 4.04. The normalized spacial score (nSPS) is 11.7. The predicted molar refractivity (Wildman–Crippen MR) is 79.3 cm³/mol. The van der Waals surface area contributed by atoms with Crippen LogP contribution in [0.1, 0.15) is 23.9 Å². The zero-order valence-corrected chi connectivity index (χ0v) is 13.3. The van der Waals surface area contributed by atoms with Crippen molar-refractivity contribution in [3.05, 3.63) is 41.0 Å². The van der Waals surface area contributed by atoms with Gasteiger partial charge < -0.3 is 0 Å². The smallest absolute Gasteiger partial charge is 0.265 e. The Hall–Kier alpha value is -1.89. The molecule has 0 aliphatic carbocycles. The lowest BCUT2D eigenvalue weighted by Gasteiger charge is -2.11. The molecule has 2 rings (SSSR count). The van der Waals surface area contributed by atoms with Crippen molar-refractivity contribution in [3.8, 4) is 0 Å². The summed E-state index contributed by atoms with van der Waals surface area (Å²) in [4.78, 5) is 0.146. The number of anilines is 1. The number of aromatic nitrogens is 2. The Labute approximate surface area is 123 Å². The van der Waals surface area contributed by atoms with E-state index in [1.54, 1.807) is 25.5 Å². The fourth-order valence-electron chi connectivity index (χ4n) is 2.28. The van der Waals surface area contributed by atoms with Crippen LogP contribution in [-0.4, -0.2) is 18.2 Å². The summed E-state index contributed by atoms with van der Waals surface area (Å²) in [5.41, 5.74) is 1.88. The summed E-state index contributed by atoms with van der Waals surface area (Å²) in [6.45, 7) is 7.54. The van der Waals surface area contributed by atoms with E-state index in [2.05, 4.69) is 9.82 Å². The molecule has 0 aliphatic heterocycles. The number of hydrogen-bond acceptors (Lipinski definition) is 3. The lowest BCUT2D eigenvalue weighted by atomic mass is 10.2. The molecule has 21 heavy (non-hydrogen) atoms. The van der Waals surface area contributed by atoms with Crippen molar-refractivity contribution >= 4 is 15.7 Å². The highest BCUT2D eigenvalue weighted by molar-refractivity contribution is 7.92. The van der Waals surface area contributed by atoms with Gasteiger partial charge in [0.1, 0.15) is 10.7 Å². The molecule has 5 nitrogen and oxygen atoms in total. The molecule has 0 radical (unpaired) electrons. The maximum atomic E-state index is 13.3. The monoisotopic (exact) mass is 311 g/mol. The third-order valence-electron chi connectivity index (χ3n) is 3.33. The minimum Gasteiger partial charge on any atom is -0.279 e.